The molecule has 5 heteroatoms. The van der Waals surface area contributed by atoms with Crippen molar-refractivity contribution >= 4 is 22.6 Å². The lowest BCUT2D eigenvalue weighted by Gasteiger charge is -2.02. The lowest BCUT2D eigenvalue weighted by Crippen LogP contribution is -2.32. The summed E-state index contributed by atoms with van der Waals surface area (Å²) in [7, 11) is 1.44. The van der Waals surface area contributed by atoms with Gasteiger partial charge < -0.3 is 4.98 Å². The summed E-state index contributed by atoms with van der Waals surface area (Å²) in [5.41, 5.74) is 0.665. The molecule has 0 aliphatic heterocycles. The van der Waals surface area contributed by atoms with Gasteiger partial charge in [-0.2, -0.15) is 0 Å². The summed E-state index contributed by atoms with van der Waals surface area (Å²) in [5, 5.41) is 0. The van der Waals surface area contributed by atoms with E-state index in [0.29, 0.717) is 5.69 Å². The van der Waals surface area contributed by atoms with Gasteiger partial charge in [0.05, 0.1) is 5.69 Å². The number of nitrogens with zero attached hydrogens (tertiary/aromatic N) is 1. The van der Waals surface area contributed by atoms with Crippen LogP contribution in [0.25, 0.3) is 11.3 Å². The van der Waals surface area contributed by atoms with Gasteiger partial charge in [0.15, 0.2) is 0 Å². The molecule has 1 aromatic heterocycles. The molecule has 0 saturated carbocycles. The number of hydrogen-bond donors (Lipinski definition) is 1. The number of hydrogen-bond acceptors (Lipinski definition) is 2. The quantitative estimate of drug-likeness (QED) is 0.804. The third kappa shape index (κ3) is 2.08. The van der Waals surface area contributed by atoms with Crippen molar-refractivity contribution in [3.8, 4) is 11.3 Å². The lowest BCUT2D eigenvalue weighted by atomic mass is 10.1. The molecule has 0 fully saturated rings. The van der Waals surface area contributed by atoms with E-state index in [-0.39, 0.29) is 5.56 Å². The van der Waals surface area contributed by atoms with E-state index in [1.807, 2.05) is 24.3 Å². The Hall–Kier alpha value is -1.37. The van der Waals surface area contributed by atoms with Gasteiger partial charge >= 0.3 is 5.69 Å². The van der Waals surface area contributed by atoms with Crippen LogP contribution in [0.5, 0.6) is 0 Å². The van der Waals surface area contributed by atoms with Gasteiger partial charge in [-0.25, -0.2) is 4.79 Å². The Labute approximate surface area is 105 Å². The van der Waals surface area contributed by atoms with Crippen molar-refractivity contribution in [2.45, 2.75) is 0 Å². The monoisotopic (exact) mass is 328 g/mol. The predicted octanol–water partition coefficient (Wildman–Crippen LogP) is 1.35. The molecule has 0 bridgehead atoms. The van der Waals surface area contributed by atoms with Crippen LogP contribution in [0.15, 0.2) is 39.9 Å². The minimum Gasteiger partial charge on any atom is -0.307 e. The molecular weight excluding hydrogens is 319 g/mol. The Kier molecular flexibility index (Phi) is 2.95. The number of benzene rings is 1. The average molecular weight is 328 g/mol. The molecule has 1 N–H and O–H groups in total. The van der Waals surface area contributed by atoms with Crippen molar-refractivity contribution in [1.29, 1.82) is 0 Å². The van der Waals surface area contributed by atoms with Crippen LogP contribution in [0, 0.1) is 3.57 Å². The van der Waals surface area contributed by atoms with Gasteiger partial charge in [0.25, 0.3) is 5.56 Å². The van der Waals surface area contributed by atoms with Crippen LogP contribution in [0.2, 0.25) is 0 Å². The van der Waals surface area contributed by atoms with E-state index >= 15 is 0 Å². The van der Waals surface area contributed by atoms with Gasteiger partial charge in [-0.1, -0.05) is 12.1 Å². The molecule has 82 valence electrons. The molecule has 0 aliphatic carbocycles. The smallest absolute Gasteiger partial charge is 0.307 e. The standard InChI is InChI=1S/C11H9IN2O2/c1-14-10(15)6-9(13-11(14)16)7-2-4-8(12)5-3-7/h2-6H,1H3,(H,13,16). The van der Waals surface area contributed by atoms with Crippen LogP contribution in [0.3, 0.4) is 0 Å². The third-order valence-corrected chi connectivity index (χ3v) is 3.02. The zero-order valence-corrected chi connectivity index (χ0v) is 10.7. The van der Waals surface area contributed by atoms with Crippen LogP contribution in [-0.2, 0) is 7.05 Å². The summed E-state index contributed by atoms with van der Waals surface area (Å²) in [6.45, 7) is 0. The third-order valence-electron chi connectivity index (χ3n) is 2.30. The number of halogens is 1. The van der Waals surface area contributed by atoms with Crippen molar-refractivity contribution in [3.05, 3.63) is 54.7 Å². The maximum atomic E-state index is 11.4. The summed E-state index contributed by atoms with van der Waals surface area (Å²) < 4.78 is 2.14. The number of rotatable bonds is 1. The number of H-pyrrole nitrogens is 1. The lowest BCUT2D eigenvalue weighted by molar-refractivity contribution is 0.778. The number of nitrogens with one attached hydrogen (secondary N) is 1. The summed E-state index contributed by atoms with van der Waals surface area (Å²) in [6.07, 6.45) is 0. The molecule has 0 aliphatic rings. The molecule has 0 saturated heterocycles. The normalized spacial score (nSPS) is 10.4. The molecular formula is C11H9IN2O2. The van der Waals surface area contributed by atoms with Crippen LogP contribution < -0.4 is 11.2 Å². The zero-order chi connectivity index (χ0) is 11.7. The highest BCUT2D eigenvalue weighted by molar-refractivity contribution is 14.1. The van der Waals surface area contributed by atoms with E-state index in [4.69, 9.17) is 0 Å². The molecule has 2 aromatic rings. The minimum atomic E-state index is -0.402. The SMILES string of the molecule is Cn1c(=O)cc(-c2ccc(I)cc2)[nH]c1=O. The fraction of sp³-hybridized carbons (Fsp3) is 0.0909. The van der Waals surface area contributed by atoms with E-state index in [9.17, 15) is 9.59 Å². The Morgan fingerprint density at radius 3 is 2.38 bits per heavy atom. The second-order valence-electron chi connectivity index (χ2n) is 3.39. The Morgan fingerprint density at radius 2 is 1.81 bits per heavy atom. The zero-order valence-electron chi connectivity index (χ0n) is 8.53. The largest absolute Gasteiger partial charge is 0.328 e. The topological polar surface area (TPSA) is 54.9 Å². The summed E-state index contributed by atoms with van der Waals surface area (Å²) in [5.74, 6) is 0. The molecule has 0 spiro atoms. The van der Waals surface area contributed by atoms with Gasteiger partial charge in [0.1, 0.15) is 0 Å². The van der Waals surface area contributed by atoms with E-state index in [0.717, 1.165) is 13.7 Å². The minimum absolute atomic E-state index is 0.308. The molecule has 4 nitrogen and oxygen atoms in total. The first-order valence-corrected chi connectivity index (χ1v) is 5.72. The van der Waals surface area contributed by atoms with Crippen LogP contribution in [-0.4, -0.2) is 9.55 Å². The first-order chi connectivity index (χ1) is 7.58. The molecule has 0 amide bonds. The van der Waals surface area contributed by atoms with Gasteiger partial charge in [0, 0.05) is 16.7 Å². The molecule has 2 rings (SSSR count). The second-order valence-corrected chi connectivity index (χ2v) is 4.64. The van der Waals surface area contributed by atoms with Gasteiger partial charge in [-0.3, -0.25) is 9.36 Å². The molecule has 1 heterocycles. The van der Waals surface area contributed by atoms with E-state index in [2.05, 4.69) is 27.6 Å². The van der Waals surface area contributed by atoms with E-state index in [1.165, 1.54) is 13.1 Å². The summed E-state index contributed by atoms with van der Waals surface area (Å²) >= 11 is 2.20. The summed E-state index contributed by atoms with van der Waals surface area (Å²) in [6, 6.07) is 9.00. The van der Waals surface area contributed by atoms with Crippen molar-refractivity contribution in [3.63, 3.8) is 0 Å². The Morgan fingerprint density at radius 1 is 1.19 bits per heavy atom. The van der Waals surface area contributed by atoms with E-state index < -0.39 is 5.69 Å². The predicted molar refractivity (Wildman–Crippen MR) is 70.5 cm³/mol. The average Bonchev–Trinajstić information content (AvgIpc) is 2.26. The fourth-order valence-electron chi connectivity index (χ4n) is 1.34. The molecule has 1 aromatic carbocycles. The highest BCUT2D eigenvalue weighted by Crippen LogP contribution is 2.15. The first kappa shape index (κ1) is 11.1. The van der Waals surface area contributed by atoms with E-state index in [1.54, 1.807) is 0 Å². The van der Waals surface area contributed by atoms with Crippen LogP contribution >= 0.6 is 22.6 Å². The van der Waals surface area contributed by atoms with Crippen molar-refractivity contribution in [2.75, 3.05) is 0 Å². The highest BCUT2D eigenvalue weighted by Gasteiger charge is 2.02. The molecule has 0 atom stereocenters. The number of aromatic nitrogens is 2. The second kappa shape index (κ2) is 4.25. The van der Waals surface area contributed by atoms with Crippen molar-refractivity contribution in [1.82, 2.24) is 9.55 Å². The van der Waals surface area contributed by atoms with Crippen LogP contribution in [0.4, 0.5) is 0 Å². The van der Waals surface area contributed by atoms with Gasteiger partial charge in [-0.05, 0) is 40.3 Å². The molecule has 0 unspecified atom stereocenters. The molecule has 0 radical (unpaired) electrons. The van der Waals surface area contributed by atoms with Crippen molar-refractivity contribution < 1.29 is 0 Å². The number of aromatic amines is 1. The Bertz CT molecular complexity index is 594. The summed E-state index contributed by atoms with van der Waals surface area (Å²) in [4.78, 5) is 25.5. The molecule has 16 heavy (non-hydrogen) atoms. The van der Waals surface area contributed by atoms with Crippen LogP contribution in [0.1, 0.15) is 0 Å². The van der Waals surface area contributed by atoms with Gasteiger partial charge in [0.2, 0.25) is 0 Å². The first-order valence-electron chi connectivity index (χ1n) is 4.64. The highest BCUT2D eigenvalue weighted by atomic mass is 127. The Balaban J connectivity index is 2.62. The maximum Gasteiger partial charge on any atom is 0.328 e. The van der Waals surface area contributed by atoms with Crippen molar-refractivity contribution in [2.24, 2.45) is 7.05 Å². The maximum absolute atomic E-state index is 11.4. The van der Waals surface area contributed by atoms with Gasteiger partial charge in [-0.15, -0.1) is 0 Å². The fourth-order valence-corrected chi connectivity index (χ4v) is 1.70.